The zero-order valence-electron chi connectivity index (χ0n) is 16.9. The molecule has 9 heteroatoms. The van der Waals surface area contributed by atoms with Crippen molar-refractivity contribution in [2.24, 2.45) is 5.92 Å². The van der Waals surface area contributed by atoms with Crippen molar-refractivity contribution in [2.75, 3.05) is 31.1 Å². The summed E-state index contributed by atoms with van der Waals surface area (Å²) in [5.74, 6) is 1.85. The van der Waals surface area contributed by atoms with E-state index in [0.717, 1.165) is 49.5 Å². The van der Waals surface area contributed by atoms with Gasteiger partial charge in [0.25, 0.3) is 0 Å². The Morgan fingerprint density at radius 1 is 1.10 bits per heavy atom. The van der Waals surface area contributed by atoms with E-state index in [1.807, 2.05) is 46.2 Å². The van der Waals surface area contributed by atoms with Crippen LogP contribution in [-0.2, 0) is 0 Å². The van der Waals surface area contributed by atoms with Crippen molar-refractivity contribution in [1.29, 1.82) is 0 Å². The van der Waals surface area contributed by atoms with Crippen LogP contribution in [0.4, 0.5) is 10.5 Å². The van der Waals surface area contributed by atoms with Crippen molar-refractivity contribution < 1.29 is 9.53 Å². The standard InChI is InChI=1S/C21H25N7O2/c1-16(8-12-27-13-14-28(21(27)29)18-6-10-22-11-7-18)9-15-30-19-4-2-17(3-5-19)20-23-25-26-24-20/h2-7,10-11,16H,8-9,12-15H2,1H3,(H,23,24,25,26). The first-order chi connectivity index (χ1) is 14.7. The van der Waals surface area contributed by atoms with Crippen LogP contribution in [0.2, 0.25) is 0 Å². The molecule has 2 aromatic heterocycles. The highest BCUT2D eigenvalue weighted by molar-refractivity contribution is 5.93. The quantitative estimate of drug-likeness (QED) is 0.585. The monoisotopic (exact) mass is 407 g/mol. The predicted octanol–water partition coefficient (Wildman–Crippen LogP) is 3.00. The van der Waals surface area contributed by atoms with Crippen LogP contribution in [0.15, 0.2) is 48.8 Å². The second-order valence-corrected chi connectivity index (χ2v) is 7.42. The lowest BCUT2D eigenvalue weighted by Gasteiger charge is -2.20. The summed E-state index contributed by atoms with van der Waals surface area (Å²) in [5, 5.41) is 13.9. The Morgan fingerprint density at radius 3 is 2.63 bits per heavy atom. The number of carbonyl (C=O) groups excluding carboxylic acids is 1. The number of nitrogens with one attached hydrogen (secondary N) is 1. The normalized spacial score (nSPS) is 14.9. The van der Waals surface area contributed by atoms with Crippen molar-refractivity contribution in [2.45, 2.75) is 19.8 Å². The summed E-state index contributed by atoms with van der Waals surface area (Å²) < 4.78 is 5.86. The second-order valence-electron chi connectivity index (χ2n) is 7.42. The Kier molecular flexibility index (Phi) is 6.17. The summed E-state index contributed by atoms with van der Waals surface area (Å²) in [6.45, 7) is 5.09. The topological polar surface area (TPSA) is 100 Å². The van der Waals surface area contributed by atoms with E-state index in [0.29, 0.717) is 18.3 Å². The van der Waals surface area contributed by atoms with Crippen LogP contribution >= 0.6 is 0 Å². The molecule has 1 atom stereocenters. The Labute approximate surface area is 175 Å². The van der Waals surface area contributed by atoms with Gasteiger partial charge in [0.1, 0.15) is 5.75 Å². The van der Waals surface area contributed by atoms with E-state index in [-0.39, 0.29) is 6.03 Å². The molecular formula is C21H25N7O2. The molecule has 0 spiro atoms. The van der Waals surface area contributed by atoms with Crippen LogP contribution in [0, 0.1) is 5.92 Å². The van der Waals surface area contributed by atoms with Crippen LogP contribution in [-0.4, -0.2) is 62.8 Å². The van der Waals surface area contributed by atoms with Crippen molar-refractivity contribution in [1.82, 2.24) is 30.5 Å². The van der Waals surface area contributed by atoms with E-state index < -0.39 is 0 Å². The zero-order valence-corrected chi connectivity index (χ0v) is 16.9. The molecule has 1 saturated heterocycles. The predicted molar refractivity (Wildman–Crippen MR) is 112 cm³/mol. The van der Waals surface area contributed by atoms with E-state index in [2.05, 4.69) is 32.5 Å². The Bertz CT molecular complexity index is 932. The summed E-state index contributed by atoms with van der Waals surface area (Å²) >= 11 is 0. The van der Waals surface area contributed by atoms with E-state index in [1.165, 1.54) is 0 Å². The maximum absolute atomic E-state index is 12.6. The van der Waals surface area contributed by atoms with Gasteiger partial charge in [-0.2, -0.15) is 5.21 Å². The van der Waals surface area contributed by atoms with E-state index in [1.54, 1.807) is 12.4 Å². The number of urea groups is 1. The number of carbonyl (C=O) groups is 1. The molecule has 4 rings (SSSR count). The second kappa shape index (κ2) is 9.34. The van der Waals surface area contributed by atoms with E-state index in [9.17, 15) is 4.79 Å². The first-order valence-electron chi connectivity index (χ1n) is 10.1. The van der Waals surface area contributed by atoms with E-state index in [4.69, 9.17) is 4.74 Å². The number of H-pyrrole nitrogens is 1. The minimum atomic E-state index is 0.0753. The van der Waals surface area contributed by atoms with Gasteiger partial charge >= 0.3 is 6.03 Å². The fraction of sp³-hybridized carbons (Fsp3) is 0.381. The smallest absolute Gasteiger partial charge is 0.324 e. The molecule has 2 amide bonds. The third-order valence-electron chi connectivity index (χ3n) is 5.30. The number of ether oxygens (including phenoxy) is 1. The summed E-state index contributed by atoms with van der Waals surface area (Å²) in [6, 6.07) is 11.5. The highest BCUT2D eigenvalue weighted by Gasteiger charge is 2.29. The number of aromatic amines is 1. The molecule has 1 aliphatic heterocycles. The van der Waals surface area contributed by atoms with Crippen molar-refractivity contribution in [3.63, 3.8) is 0 Å². The highest BCUT2D eigenvalue weighted by atomic mass is 16.5. The lowest BCUT2D eigenvalue weighted by Crippen LogP contribution is -2.33. The molecule has 0 aliphatic carbocycles. The molecule has 1 unspecified atom stereocenters. The molecule has 156 valence electrons. The third-order valence-corrected chi connectivity index (χ3v) is 5.30. The molecule has 0 saturated carbocycles. The summed E-state index contributed by atoms with van der Waals surface area (Å²) in [6.07, 6.45) is 5.32. The summed E-state index contributed by atoms with van der Waals surface area (Å²) in [4.78, 5) is 20.4. The number of benzene rings is 1. The Hall–Kier alpha value is -3.49. The largest absolute Gasteiger partial charge is 0.494 e. The van der Waals surface area contributed by atoms with Gasteiger partial charge in [-0.15, -0.1) is 10.2 Å². The minimum absolute atomic E-state index is 0.0753. The number of aromatic nitrogens is 5. The minimum Gasteiger partial charge on any atom is -0.494 e. The molecule has 0 bridgehead atoms. The molecule has 30 heavy (non-hydrogen) atoms. The zero-order chi connectivity index (χ0) is 20.8. The number of hydrogen-bond acceptors (Lipinski definition) is 6. The fourth-order valence-electron chi connectivity index (χ4n) is 3.44. The summed E-state index contributed by atoms with van der Waals surface area (Å²) in [7, 11) is 0. The number of tetrazole rings is 1. The molecule has 9 nitrogen and oxygen atoms in total. The molecule has 1 N–H and O–H groups in total. The SMILES string of the molecule is CC(CCOc1ccc(-c2nn[nH]n2)cc1)CCN1CCN(c2ccncc2)C1=O. The summed E-state index contributed by atoms with van der Waals surface area (Å²) in [5.41, 5.74) is 1.80. The maximum atomic E-state index is 12.6. The average Bonchev–Trinajstić information content (AvgIpc) is 3.44. The van der Waals surface area contributed by atoms with Crippen molar-refractivity contribution >= 4 is 11.7 Å². The third kappa shape index (κ3) is 4.73. The van der Waals surface area contributed by atoms with Gasteiger partial charge in [0, 0.05) is 43.3 Å². The van der Waals surface area contributed by atoms with Gasteiger partial charge in [0.05, 0.1) is 6.61 Å². The average molecular weight is 407 g/mol. The first-order valence-corrected chi connectivity index (χ1v) is 10.1. The van der Waals surface area contributed by atoms with Crippen LogP contribution < -0.4 is 9.64 Å². The Balaban J connectivity index is 1.17. The highest BCUT2D eigenvalue weighted by Crippen LogP contribution is 2.21. The number of hydrogen-bond donors (Lipinski definition) is 1. The van der Waals surface area contributed by atoms with Crippen LogP contribution in [0.1, 0.15) is 19.8 Å². The van der Waals surface area contributed by atoms with Gasteiger partial charge in [-0.3, -0.25) is 9.88 Å². The van der Waals surface area contributed by atoms with Crippen LogP contribution in [0.3, 0.4) is 0 Å². The molecular weight excluding hydrogens is 382 g/mol. The molecule has 1 fully saturated rings. The van der Waals surface area contributed by atoms with Gasteiger partial charge in [-0.1, -0.05) is 6.92 Å². The van der Waals surface area contributed by atoms with Gasteiger partial charge in [0.2, 0.25) is 5.82 Å². The number of nitrogens with zero attached hydrogens (tertiary/aromatic N) is 6. The first kappa shape index (κ1) is 19.8. The molecule has 3 heterocycles. The number of rotatable bonds is 9. The van der Waals surface area contributed by atoms with Crippen LogP contribution in [0.25, 0.3) is 11.4 Å². The lowest BCUT2D eigenvalue weighted by atomic mass is 10.0. The number of amides is 2. The fourth-order valence-corrected chi connectivity index (χ4v) is 3.44. The van der Waals surface area contributed by atoms with Gasteiger partial charge in [-0.05, 0) is 60.4 Å². The van der Waals surface area contributed by atoms with Gasteiger partial charge in [0.15, 0.2) is 0 Å². The molecule has 0 radical (unpaired) electrons. The number of pyridine rings is 1. The maximum Gasteiger partial charge on any atom is 0.324 e. The van der Waals surface area contributed by atoms with Crippen molar-refractivity contribution in [3.8, 4) is 17.1 Å². The molecule has 1 aromatic carbocycles. The number of anilines is 1. The molecule has 1 aliphatic rings. The Morgan fingerprint density at radius 2 is 1.90 bits per heavy atom. The lowest BCUT2D eigenvalue weighted by molar-refractivity contribution is 0.214. The van der Waals surface area contributed by atoms with Crippen molar-refractivity contribution in [3.05, 3.63) is 48.8 Å². The van der Waals surface area contributed by atoms with Crippen LogP contribution in [0.5, 0.6) is 5.75 Å². The van der Waals surface area contributed by atoms with Gasteiger partial charge in [-0.25, -0.2) is 4.79 Å². The molecule has 3 aromatic rings. The van der Waals surface area contributed by atoms with Gasteiger partial charge < -0.3 is 9.64 Å². The van der Waals surface area contributed by atoms with E-state index >= 15 is 0 Å².